The number of aromatic nitrogens is 4. The summed E-state index contributed by atoms with van der Waals surface area (Å²) in [6.07, 6.45) is 3.54. The standard InChI is InChI=1S/C28H25N5O4/c1-2-3-15-36-21-13-11-20(12-14-21)27(35)30-25-17-23(24-10-7-16-37-24)32-33(25)28-29-22(18-26(34)31-28)19-8-5-4-6-9-19/h4-14,16-18H,2-3,15H2,1H3,(H,30,35)(H,29,31,34). The van der Waals surface area contributed by atoms with Crippen molar-refractivity contribution in [3.8, 4) is 34.4 Å². The molecule has 0 saturated carbocycles. The summed E-state index contributed by atoms with van der Waals surface area (Å²) in [6.45, 7) is 2.73. The van der Waals surface area contributed by atoms with Crippen molar-refractivity contribution in [2.24, 2.45) is 0 Å². The second-order valence-corrected chi connectivity index (χ2v) is 8.30. The lowest BCUT2D eigenvalue weighted by Crippen LogP contribution is -2.18. The third-order valence-corrected chi connectivity index (χ3v) is 5.61. The minimum atomic E-state index is -0.353. The van der Waals surface area contributed by atoms with E-state index in [2.05, 4.69) is 27.3 Å². The molecule has 5 aromatic rings. The molecule has 186 valence electrons. The lowest BCUT2D eigenvalue weighted by Gasteiger charge is -2.10. The molecule has 0 saturated heterocycles. The summed E-state index contributed by atoms with van der Waals surface area (Å²) < 4.78 is 12.6. The molecule has 2 N–H and O–H groups in total. The first-order valence-electron chi connectivity index (χ1n) is 12.0. The highest BCUT2D eigenvalue weighted by Crippen LogP contribution is 2.25. The molecular weight excluding hydrogens is 470 g/mol. The van der Waals surface area contributed by atoms with Crippen molar-refractivity contribution in [3.63, 3.8) is 0 Å². The maximum absolute atomic E-state index is 13.1. The van der Waals surface area contributed by atoms with Gasteiger partial charge in [-0.15, -0.1) is 0 Å². The van der Waals surface area contributed by atoms with Gasteiger partial charge < -0.3 is 14.5 Å². The van der Waals surface area contributed by atoms with Crippen molar-refractivity contribution >= 4 is 11.7 Å². The Bertz CT molecular complexity index is 1540. The molecule has 9 nitrogen and oxygen atoms in total. The van der Waals surface area contributed by atoms with Gasteiger partial charge in [-0.2, -0.15) is 9.78 Å². The van der Waals surface area contributed by atoms with Gasteiger partial charge in [0.1, 0.15) is 17.3 Å². The van der Waals surface area contributed by atoms with Crippen LogP contribution in [0.2, 0.25) is 0 Å². The van der Waals surface area contributed by atoms with E-state index < -0.39 is 0 Å². The second kappa shape index (κ2) is 10.8. The molecule has 0 aliphatic rings. The second-order valence-electron chi connectivity index (χ2n) is 8.30. The number of aromatic amines is 1. The number of anilines is 1. The monoisotopic (exact) mass is 495 g/mol. The van der Waals surface area contributed by atoms with E-state index in [1.54, 1.807) is 42.5 Å². The maximum Gasteiger partial charge on any atom is 0.256 e. The predicted octanol–water partition coefficient (Wildman–Crippen LogP) is 5.31. The first kappa shape index (κ1) is 23.8. The minimum absolute atomic E-state index is 0.152. The molecule has 9 heteroatoms. The van der Waals surface area contributed by atoms with Gasteiger partial charge in [0, 0.05) is 23.3 Å². The quantitative estimate of drug-likeness (QED) is 0.268. The Morgan fingerprint density at radius 3 is 2.57 bits per heavy atom. The average molecular weight is 496 g/mol. The van der Waals surface area contributed by atoms with Gasteiger partial charge in [-0.05, 0) is 42.8 Å². The first-order valence-corrected chi connectivity index (χ1v) is 12.0. The Kier molecular flexibility index (Phi) is 6.93. The number of hydrogen-bond acceptors (Lipinski definition) is 6. The third kappa shape index (κ3) is 5.51. The number of benzene rings is 2. The fourth-order valence-corrected chi connectivity index (χ4v) is 3.70. The lowest BCUT2D eigenvalue weighted by molar-refractivity contribution is 0.102. The lowest BCUT2D eigenvalue weighted by atomic mass is 10.1. The van der Waals surface area contributed by atoms with Crippen LogP contribution in [0.3, 0.4) is 0 Å². The highest BCUT2D eigenvalue weighted by molar-refractivity contribution is 6.04. The van der Waals surface area contributed by atoms with Crippen LogP contribution < -0.4 is 15.6 Å². The van der Waals surface area contributed by atoms with E-state index in [-0.39, 0.29) is 17.4 Å². The van der Waals surface area contributed by atoms with Gasteiger partial charge in [-0.3, -0.25) is 14.6 Å². The topological polar surface area (TPSA) is 115 Å². The Morgan fingerprint density at radius 1 is 1.03 bits per heavy atom. The third-order valence-electron chi connectivity index (χ3n) is 5.61. The van der Waals surface area contributed by atoms with Gasteiger partial charge in [0.25, 0.3) is 11.5 Å². The Balaban J connectivity index is 1.48. The van der Waals surface area contributed by atoms with Crippen molar-refractivity contribution < 1.29 is 13.9 Å². The molecule has 3 heterocycles. The normalized spacial score (nSPS) is 10.8. The summed E-state index contributed by atoms with van der Waals surface area (Å²) in [5.74, 6) is 1.32. The molecule has 37 heavy (non-hydrogen) atoms. The Hall–Kier alpha value is -4.92. The van der Waals surface area contributed by atoms with Crippen LogP contribution in [0.25, 0.3) is 28.7 Å². The van der Waals surface area contributed by atoms with Gasteiger partial charge in [-0.25, -0.2) is 4.98 Å². The van der Waals surface area contributed by atoms with E-state index in [1.165, 1.54) is 17.0 Å². The summed E-state index contributed by atoms with van der Waals surface area (Å²) in [7, 11) is 0. The first-order chi connectivity index (χ1) is 18.1. The highest BCUT2D eigenvalue weighted by atomic mass is 16.5. The molecule has 0 bridgehead atoms. The van der Waals surface area contributed by atoms with E-state index >= 15 is 0 Å². The minimum Gasteiger partial charge on any atom is -0.494 e. The number of rotatable bonds is 9. The van der Waals surface area contributed by atoms with Gasteiger partial charge in [-0.1, -0.05) is 43.7 Å². The predicted molar refractivity (Wildman–Crippen MR) is 140 cm³/mol. The van der Waals surface area contributed by atoms with Gasteiger partial charge >= 0.3 is 0 Å². The molecule has 0 spiro atoms. The molecule has 0 unspecified atom stereocenters. The van der Waals surface area contributed by atoms with Crippen LogP contribution in [-0.4, -0.2) is 32.3 Å². The van der Waals surface area contributed by atoms with E-state index in [0.717, 1.165) is 18.4 Å². The van der Waals surface area contributed by atoms with Crippen molar-refractivity contribution in [2.45, 2.75) is 19.8 Å². The summed E-state index contributed by atoms with van der Waals surface area (Å²) in [6, 6.07) is 22.8. The number of nitrogens with zero attached hydrogens (tertiary/aromatic N) is 3. The molecule has 0 aliphatic heterocycles. The number of H-pyrrole nitrogens is 1. The number of ether oxygens (including phenoxy) is 1. The van der Waals surface area contributed by atoms with Crippen LogP contribution in [0.1, 0.15) is 30.1 Å². The van der Waals surface area contributed by atoms with Crippen LogP contribution in [0, 0.1) is 0 Å². The van der Waals surface area contributed by atoms with Crippen LogP contribution >= 0.6 is 0 Å². The van der Waals surface area contributed by atoms with Crippen molar-refractivity contribution in [1.82, 2.24) is 19.7 Å². The highest BCUT2D eigenvalue weighted by Gasteiger charge is 2.18. The van der Waals surface area contributed by atoms with Crippen LogP contribution in [0.15, 0.2) is 94.3 Å². The largest absolute Gasteiger partial charge is 0.494 e. The number of unbranched alkanes of at least 4 members (excludes halogenated alkanes) is 1. The Labute approximate surface area is 212 Å². The van der Waals surface area contributed by atoms with E-state index in [9.17, 15) is 9.59 Å². The summed E-state index contributed by atoms with van der Waals surface area (Å²) >= 11 is 0. The van der Waals surface area contributed by atoms with Gasteiger partial charge in [0.2, 0.25) is 5.95 Å². The Morgan fingerprint density at radius 2 is 1.84 bits per heavy atom. The van der Waals surface area contributed by atoms with Gasteiger partial charge in [0.15, 0.2) is 5.76 Å². The zero-order valence-electron chi connectivity index (χ0n) is 20.2. The molecule has 1 amide bonds. The summed E-state index contributed by atoms with van der Waals surface area (Å²) in [5, 5.41) is 7.43. The molecular formula is C28H25N5O4. The summed E-state index contributed by atoms with van der Waals surface area (Å²) in [5.41, 5.74) is 1.81. The SMILES string of the molecule is CCCCOc1ccc(C(=O)Nc2cc(-c3ccco3)nn2-c2nc(-c3ccccc3)cc(=O)[nH]2)cc1. The molecule has 2 aromatic carbocycles. The van der Waals surface area contributed by atoms with Crippen molar-refractivity contribution in [3.05, 3.63) is 101 Å². The van der Waals surface area contributed by atoms with Gasteiger partial charge in [0.05, 0.1) is 18.6 Å². The van der Waals surface area contributed by atoms with Crippen LogP contribution in [0.4, 0.5) is 5.82 Å². The molecule has 0 aliphatic carbocycles. The smallest absolute Gasteiger partial charge is 0.256 e. The molecule has 0 radical (unpaired) electrons. The maximum atomic E-state index is 13.1. The zero-order valence-corrected chi connectivity index (χ0v) is 20.2. The van der Waals surface area contributed by atoms with Crippen molar-refractivity contribution in [1.29, 1.82) is 0 Å². The molecule has 3 aromatic heterocycles. The number of carbonyl (C=O) groups excluding carboxylic acids is 1. The van der Waals surface area contributed by atoms with Crippen LogP contribution in [-0.2, 0) is 0 Å². The number of amides is 1. The summed E-state index contributed by atoms with van der Waals surface area (Å²) in [4.78, 5) is 32.9. The number of nitrogens with one attached hydrogen (secondary N) is 2. The van der Waals surface area contributed by atoms with E-state index in [4.69, 9.17) is 9.15 Å². The fraction of sp³-hybridized carbons (Fsp3) is 0.143. The zero-order chi connectivity index (χ0) is 25.6. The average Bonchev–Trinajstić information content (AvgIpc) is 3.60. The van der Waals surface area contributed by atoms with Crippen molar-refractivity contribution in [2.75, 3.05) is 11.9 Å². The molecule has 0 atom stereocenters. The molecule has 0 fully saturated rings. The van der Waals surface area contributed by atoms with E-state index in [1.807, 2.05) is 30.3 Å². The molecule has 5 rings (SSSR count). The fourth-order valence-electron chi connectivity index (χ4n) is 3.70. The number of carbonyl (C=O) groups is 1. The number of hydrogen-bond donors (Lipinski definition) is 2. The number of furan rings is 1. The van der Waals surface area contributed by atoms with Crippen LogP contribution in [0.5, 0.6) is 5.75 Å². The van der Waals surface area contributed by atoms with E-state index in [0.29, 0.717) is 40.9 Å².